The molecule has 1 fully saturated rings. The van der Waals surface area contributed by atoms with Crippen molar-refractivity contribution in [1.29, 1.82) is 0 Å². The van der Waals surface area contributed by atoms with E-state index in [-0.39, 0.29) is 23.1 Å². The number of halogens is 3. The van der Waals surface area contributed by atoms with E-state index < -0.39 is 23.6 Å². The maximum absolute atomic E-state index is 14.0. The van der Waals surface area contributed by atoms with Crippen molar-refractivity contribution in [3.8, 4) is 11.4 Å². The highest BCUT2D eigenvalue weighted by Crippen LogP contribution is 2.33. The van der Waals surface area contributed by atoms with Crippen LogP contribution in [-0.2, 0) is 0 Å². The Kier molecular flexibility index (Phi) is 4.39. The number of benzene rings is 2. The molecule has 138 valence electrons. The fraction of sp³-hybridized carbons (Fsp3) is 0.211. The third kappa shape index (κ3) is 3.30. The fourth-order valence-electron chi connectivity index (χ4n) is 3.17. The van der Waals surface area contributed by atoms with Crippen LogP contribution in [0.15, 0.2) is 47.0 Å². The lowest BCUT2D eigenvalue weighted by molar-refractivity contribution is 0.0704. The Morgan fingerprint density at radius 3 is 2.59 bits per heavy atom. The average molecular weight is 373 g/mol. The van der Waals surface area contributed by atoms with Crippen molar-refractivity contribution in [1.82, 2.24) is 15.0 Å². The predicted octanol–water partition coefficient (Wildman–Crippen LogP) is 4.13. The zero-order chi connectivity index (χ0) is 19.0. The van der Waals surface area contributed by atoms with Crippen LogP contribution in [-0.4, -0.2) is 27.5 Å². The lowest BCUT2D eigenvalue weighted by atomic mass is 10.1. The molecule has 1 aliphatic heterocycles. The molecule has 1 saturated heterocycles. The van der Waals surface area contributed by atoms with Crippen LogP contribution >= 0.6 is 0 Å². The standard InChI is InChI=1S/C19H14F3N3O2/c20-12-5-3-11(4-6-12)17-23-18(27-24-17)16-2-1-9-25(16)19(26)14-10-13(21)7-8-15(14)22/h3-8,10,16H,1-2,9H2/t16-/m0/s1. The van der Waals surface area contributed by atoms with E-state index in [0.717, 1.165) is 18.2 Å². The van der Waals surface area contributed by atoms with E-state index in [9.17, 15) is 18.0 Å². The summed E-state index contributed by atoms with van der Waals surface area (Å²) in [6, 6.07) is 7.83. The number of hydrogen-bond donors (Lipinski definition) is 0. The van der Waals surface area contributed by atoms with Gasteiger partial charge in [-0.05, 0) is 55.3 Å². The van der Waals surface area contributed by atoms with Gasteiger partial charge in [-0.2, -0.15) is 4.98 Å². The lowest BCUT2D eigenvalue weighted by Gasteiger charge is -2.22. The van der Waals surface area contributed by atoms with Gasteiger partial charge in [0.15, 0.2) is 0 Å². The highest BCUT2D eigenvalue weighted by atomic mass is 19.1. The quantitative estimate of drug-likeness (QED) is 0.693. The molecule has 1 amide bonds. The average Bonchev–Trinajstić information content (AvgIpc) is 3.32. The number of nitrogens with zero attached hydrogens (tertiary/aromatic N) is 3. The molecule has 3 aromatic rings. The van der Waals surface area contributed by atoms with E-state index in [2.05, 4.69) is 10.1 Å². The summed E-state index contributed by atoms with van der Waals surface area (Å²) in [5, 5.41) is 3.88. The summed E-state index contributed by atoms with van der Waals surface area (Å²) in [5.41, 5.74) is 0.235. The molecule has 1 aromatic heterocycles. The third-order valence-corrected chi connectivity index (χ3v) is 4.50. The third-order valence-electron chi connectivity index (χ3n) is 4.50. The number of carbonyl (C=O) groups is 1. The molecule has 8 heteroatoms. The minimum absolute atomic E-state index is 0.206. The number of rotatable bonds is 3. The summed E-state index contributed by atoms with van der Waals surface area (Å²) in [7, 11) is 0. The minimum Gasteiger partial charge on any atom is -0.337 e. The summed E-state index contributed by atoms with van der Waals surface area (Å²) in [4.78, 5) is 18.4. The molecule has 0 saturated carbocycles. The SMILES string of the molecule is O=C(c1cc(F)ccc1F)N1CCC[C@H]1c1nc(-c2ccc(F)cc2)no1. The molecule has 0 spiro atoms. The molecule has 0 N–H and O–H groups in total. The van der Waals surface area contributed by atoms with Crippen molar-refractivity contribution in [3.05, 3.63) is 71.4 Å². The predicted molar refractivity (Wildman–Crippen MR) is 89.1 cm³/mol. The van der Waals surface area contributed by atoms with Crippen molar-refractivity contribution in [3.63, 3.8) is 0 Å². The van der Waals surface area contributed by atoms with E-state index >= 15 is 0 Å². The zero-order valence-electron chi connectivity index (χ0n) is 14.0. The van der Waals surface area contributed by atoms with Gasteiger partial charge in [0, 0.05) is 12.1 Å². The Morgan fingerprint density at radius 1 is 1.07 bits per heavy atom. The van der Waals surface area contributed by atoms with Crippen LogP contribution in [0.1, 0.15) is 35.1 Å². The van der Waals surface area contributed by atoms with Crippen LogP contribution < -0.4 is 0 Å². The normalized spacial score (nSPS) is 16.7. The first-order valence-electron chi connectivity index (χ1n) is 8.38. The Bertz CT molecular complexity index is 988. The molecule has 2 heterocycles. The van der Waals surface area contributed by atoms with Gasteiger partial charge in [0.05, 0.1) is 5.56 Å². The second-order valence-electron chi connectivity index (χ2n) is 6.24. The van der Waals surface area contributed by atoms with Gasteiger partial charge < -0.3 is 9.42 Å². The zero-order valence-corrected chi connectivity index (χ0v) is 14.0. The smallest absolute Gasteiger partial charge is 0.257 e. The molecule has 0 aliphatic carbocycles. The monoisotopic (exact) mass is 373 g/mol. The van der Waals surface area contributed by atoms with E-state index in [4.69, 9.17) is 4.52 Å². The Balaban J connectivity index is 1.61. The molecule has 1 aliphatic rings. The van der Waals surface area contributed by atoms with Gasteiger partial charge in [0.25, 0.3) is 5.91 Å². The summed E-state index contributed by atoms with van der Waals surface area (Å²) in [6.45, 7) is 0.369. The molecular weight excluding hydrogens is 359 g/mol. The van der Waals surface area contributed by atoms with Gasteiger partial charge >= 0.3 is 0 Å². The number of amides is 1. The number of hydrogen-bond acceptors (Lipinski definition) is 4. The van der Waals surface area contributed by atoms with Crippen molar-refractivity contribution in [2.24, 2.45) is 0 Å². The molecule has 27 heavy (non-hydrogen) atoms. The summed E-state index contributed by atoms with van der Waals surface area (Å²) in [5.74, 6) is -2.02. The maximum atomic E-state index is 14.0. The van der Waals surface area contributed by atoms with Crippen molar-refractivity contribution in [2.75, 3.05) is 6.54 Å². The molecular formula is C19H14F3N3O2. The first kappa shape index (κ1) is 17.3. The second kappa shape index (κ2) is 6.86. The van der Waals surface area contributed by atoms with Crippen LogP contribution in [0.4, 0.5) is 13.2 Å². The van der Waals surface area contributed by atoms with Gasteiger partial charge in [-0.15, -0.1) is 0 Å². The van der Waals surface area contributed by atoms with Gasteiger partial charge in [0.2, 0.25) is 11.7 Å². The van der Waals surface area contributed by atoms with E-state index in [1.165, 1.54) is 29.2 Å². The topological polar surface area (TPSA) is 59.2 Å². The van der Waals surface area contributed by atoms with Crippen LogP contribution in [0.25, 0.3) is 11.4 Å². The number of likely N-dealkylation sites (tertiary alicyclic amines) is 1. The fourth-order valence-corrected chi connectivity index (χ4v) is 3.17. The van der Waals surface area contributed by atoms with Gasteiger partial charge in [-0.3, -0.25) is 4.79 Å². The number of aromatic nitrogens is 2. The number of carbonyl (C=O) groups excluding carboxylic acids is 1. The van der Waals surface area contributed by atoms with Gasteiger partial charge in [-0.1, -0.05) is 5.16 Å². The summed E-state index contributed by atoms with van der Waals surface area (Å²) in [6.07, 6.45) is 1.23. The molecule has 0 unspecified atom stereocenters. The van der Waals surface area contributed by atoms with Crippen LogP contribution in [0.2, 0.25) is 0 Å². The molecule has 4 rings (SSSR count). The Hall–Kier alpha value is -3.16. The first-order chi connectivity index (χ1) is 13.0. The largest absolute Gasteiger partial charge is 0.337 e. The van der Waals surface area contributed by atoms with Crippen LogP contribution in [0.5, 0.6) is 0 Å². The van der Waals surface area contributed by atoms with E-state index in [0.29, 0.717) is 24.9 Å². The van der Waals surface area contributed by atoms with Crippen molar-refractivity contribution in [2.45, 2.75) is 18.9 Å². The first-order valence-corrected chi connectivity index (χ1v) is 8.38. The van der Waals surface area contributed by atoms with Crippen LogP contribution in [0.3, 0.4) is 0 Å². The Labute approximate surface area is 152 Å². The lowest BCUT2D eigenvalue weighted by Crippen LogP contribution is -2.31. The Morgan fingerprint density at radius 2 is 1.81 bits per heavy atom. The minimum atomic E-state index is -0.787. The van der Waals surface area contributed by atoms with Gasteiger partial charge in [-0.25, -0.2) is 13.2 Å². The van der Waals surface area contributed by atoms with Crippen molar-refractivity contribution < 1.29 is 22.5 Å². The highest BCUT2D eigenvalue weighted by molar-refractivity contribution is 5.95. The molecule has 0 radical (unpaired) electrons. The van der Waals surface area contributed by atoms with E-state index in [1.54, 1.807) is 0 Å². The second-order valence-corrected chi connectivity index (χ2v) is 6.24. The summed E-state index contributed by atoms with van der Waals surface area (Å²) < 4.78 is 45.7. The molecule has 0 bridgehead atoms. The van der Waals surface area contributed by atoms with Crippen LogP contribution in [0, 0.1) is 17.5 Å². The highest BCUT2D eigenvalue weighted by Gasteiger charge is 2.35. The molecule has 1 atom stereocenters. The van der Waals surface area contributed by atoms with Crippen molar-refractivity contribution >= 4 is 5.91 Å². The van der Waals surface area contributed by atoms with Gasteiger partial charge in [0.1, 0.15) is 23.5 Å². The van der Waals surface area contributed by atoms with E-state index in [1.807, 2.05) is 0 Å². The summed E-state index contributed by atoms with van der Waals surface area (Å²) >= 11 is 0. The maximum Gasteiger partial charge on any atom is 0.257 e. The molecule has 2 aromatic carbocycles. The molecule has 5 nitrogen and oxygen atoms in total.